The summed E-state index contributed by atoms with van der Waals surface area (Å²) in [5, 5.41) is 14.8. The largest absolute Gasteiger partial charge is 0.409 e. The van der Waals surface area contributed by atoms with Crippen LogP contribution in [0, 0.1) is 18.2 Å². The van der Waals surface area contributed by atoms with Crippen molar-refractivity contribution in [2.24, 2.45) is 16.3 Å². The van der Waals surface area contributed by atoms with Gasteiger partial charge in [-0.15, -0.1) is 0 Å². The normalized spacial score (nSPS) is 17.6. The fourth-order valence-corrected chi connectivity index (χ4v) is 2.08. The first-order chi connectivity index (χ1) is 8.54. The van der Waals surface area contributed by atoms with Gasteiger partial charge in [-0.05, 0) is 42.9 Å². The van der Waals surface area contributed by atoms with Gasteiger partial charge in [0.05, 0.1) is 0 Å². The summed E-state index contributed by atoms with van der Waals surface area (Å²) >= 11 is 0. The van der Waals surface area contributed by atoms with E-state index >= 15 is 0 Å². The second kappa shape index (κ2) is 4.84. The lowest BCUT2D eigenvalue weighted by Gasteiger charge is -2.17. The first kappa shape index (κ1) is 12.7. The second-order valence-corrected chi connectivity index (χ2v) is 5.08. The summed E-state index contributed by atoms with van der Waals surface area (Å²) < 4.78 is 13.1. The van der Waals surface area contributed by atoms with Crippen molar-refractivity contribution < 1.29 is 9.60 Å². The molecule has 18 heavy (non-hydrogen) atoms. The van der Waals surface area contributed by atoms with E-state index in [2.05, 4.69) is 10.5 Å². The molecular formula is C13H18FN3O. The molecule has 1 fully saturated rings. The number of amidine groups is 1. The molecule has 0 saturated heterocycles. The molecule has 0 aliphatic heterocycles. The second-order valence-electron chi connectivity index (χ2n) is 5.08. The first-order valence-electron chi connectivity index (χ1n) is 6.01. The number of hydrogen-bond acceptors (Lipinski definition) is 3. The minimum Gasteiger partial charge on any atom is -0.409 e. The SMILES string of the molecule is Cc1ccc(F)cc1NCC1(CC(N)=NO)CC1. The molecule has 4 N–H and O–H groups in total. The Morgan fingerprint density at radius 2 is 2.28 bits per heavy atom. The molecule has 1 saturated carbocycles. The Labute approximate surface area is 106 Å². The molecule has 0 unspecified atom stereocenters. The number of nitrogens with two attached hydrogens (primary N) is 1. The highest BCUT2D eigenvalue weighted by Gasteiger charge is 2.43. The number of benzene rings is 1. The fraction of sp³-hybridized carbons (Fsp3) is 0.462. The van der Waals surface area contributed by atoms with Crippen LogP contribution < -0.4 is 11.1 Å². The summed E-state index contributed by atoms with van der Waals surface area (Å²) in [6.07, 6.45) is 2.67. The Morgan fingerprint density at radius 3 is 2.89 bits per heavy atom. The Morgan fingerprint density at radius 1 is 1.56 bits per heavy atom. The van der Waals surface area contributed by atoms with E-state index in [0.29, 0.717) is 13.0 Å². The number of aryl methyl sites for hydroxylation is 1. The maximum absolute atomic E-state index is 13.1. The Kier molecular flexibility index (Phi) is 3.41. The van der Waals surface area contributed by atoms with Crippen molar-refractivity contribution in [2.75, 3.05) is 11.9 Å². The maximum atomic E-state index is 13.1. The van der Waals surface area contributed by atoms with E-state index in [9.17, 15) is 4.39 Å². The minimum absolute atomic E-state index is 0.0646. The molecule has 5 heteroatoms. The van der Waals surface area contributed by atoms with Gasteiger partial charge in [0, 0.05) is 18.7 Å². The van der Waals surface area contributed by atoms with E-state index in [1.807, 2.05) is 6.92 Å². The number of nitrogens with zero attached hydrogens (tertiary/aromatic N) is 1. The third-order valence-electron chi connectivity index (χ3n) is 3.50. The Hall–Kier alpha value is -1.78. The van der Waals surface area contributed by atoms with Crippen molar-refractivity contribution in [2.45, 2.75) is 26.2 Å². The molecule has 1 aromatic carbocycles. The molecule has 4 nitrogen and oxygen atoms in total. The van der Waals surface area contributed by atoms with Gasteiger partial charge >= 0.3 is 0 Å². The predicted octanol–water partition coefficient (Wildman–Crippen LogP) is 2.46. The smallest absolute Gasteiger partial charge is 0.139 e. The number of hydrogen-bond donors (Lipinski definition) is 3. The number of anilines is 1. The fourth-order valence-electron chi connectivity index (χ4n) is 2.08. The van der Waals surface area contributed by atoms with Crippen molar-refractivity contribution in [3.63, 3.8) is 0 Å². The summed E-state index contributed by atoms with van der Waals surface area (Å²) in [5.41, 5.74) is 7.42. The van der Waals surface area contributed by atoms with Crippen LogP contribution in [-0.2, 0) is 0 Å². The summed E-state index contributed by atoms with van der Waals surface area (Å²) in [7, 11) is 0. The quantitative estimate of drug-likeness (QED) is 0.326. The van der Waals surface area contributed by atoms with E-state index < -0.39 is 0 Å². The van der Waals surface area contributed by atoms with E-state index in [1.165, 1.54) is 12.1 Å². The van der Waals surface area contributed by atoms with Crippen LogP contribution in [0.25, 0.3) is 0 Å². The van der Waals surface area contributed by atoms with Gasteiger partial charge < -0.3 is 16.3 Å². The maximum Gasteiger partial charge on any atom is 0.139 e. The molecule has 0 spiro atoms. The van der Waals surface area contributed by atoms with Gasteiger partial charge in [0.15, 0.2) is 0 Å². The number of rotatable bonds is 5. The van der Waals surface area contributed by atoms with Crippen LogP contribution in [0.4, 0.5) is 10.1 Å². The zero-order chi connectivity index (χ0) is 13.2. The van der Waals surface area contributed by atoms with Crippen LogP contribution in [0.1, 0.15) is 24.8 Å². The zero-order valence-electron chi connectivity index (χ0n) is 10.4. The number of halogens is 1. The van der Waals surface area contributed by atoms with Crippen LogP contribution >= 0.6 is 0 Å². The Bertz CT molecular complexity index is 469. The molecule has 1 aliphatic rings. The van der Waals surface area contributed by atoms with E-state index in [-0.39, 0.29) is 17.1 Å². The summed E-state index contributed by atoms with van der Waals surface area (Å²) in [4.78, 5) is 0. The van der Waals surface area contributed by atoms with Gasteiger partial charge in [0.1, 0.15) is 11.7 Å². The third kappa shape index (κ3) is 2.91. The third-order valence-corrected chi connectivity index (χ3v) is 3.50. The van der Waals surface area contributed by atoms with Crippen LogP contribution in [0.15, 0.2) is 23.4 Å². The average molecular weight is 251 g/mol. The van der Waals surface area contributed by atoms with Crippen LogP contribution in [0.2, 0.25) is 0 Å². The molecule has 0 radical (unpaired) electrons. The molecule has 0 aromatic heterocycles. The van der Waals surface area contributed by atoms with Gasteiger partial charge in [-0.1, -0.05) is 11.2 Å². The van der Waals surface area contributed by atoms with E-state index in [4.69, 9.17) is 10.9 Å². The average Bonchev–Trinajstić information content (AvgIpc) is 3.10. The molecule has 0 heterocycles. The van der Waals surface area contributed by atoms with Gasteiger partial charge in [-0.25, -0.2) is 4.39 Å². The molecular weight excluding hydrogens is 233 g/mol. The van der Waals surface area contributed by atoms with Gasteiger partial charge in [-0.3, -0.25) is 0 Å². The van der Waals surface area contributed by atoms with Crippen LogP contribution in [-0.4, -0.2) is 17.6 Å². The van der Waals surface area contributed by atoms with Crippen molar-refractivity contribution in [3.8, 4) is 0 Å². The highest BCUT2D eigenvalue weighted by Crippen LogP contribution is 2.48. The molecule has 2 rings (SSSR count). The van der Waals surface area contributed by atoms with Crippen LogP contribution in [0.5, 0.6) is 0 Å². The summed E-state index contributed by atoms with van der Waals surface area (Å²) in [6, 6.07) is 4.69. The highest BCUT2D eigenvalue weighted by atomic mass is 19.1. The highest BCUT2D eigenvalue weighted by molar-refractivity contribution is 5.80. The molecule has 1 aliphatic carbocycles. The lowest BCUT2D eigenvalue weighted by Crippen LogP contribution is -2.23. The monoisotopic (exact) mass is 251 g/mol. The molecule has 1 aromatic rings. The van der Waals surface area contributed by atoms with E-state index in [1.54, 1.807) is 6.07 Å². The topological polar surface area (TPSA) is 70.6 Å². The molecule has 0 amide bonds. The van der Waals surface area contributed by atoms with Crippen molar-refractivity contribution in [3.05, 3.63) is 29.6 Å². The molecule has 0 atom stereocenters. The number of nitrogens with one attached hydrogen (secondary N) is 1. The molecule has 0 bridgehead atoms. The standard InChI is InChI=1S/C13H18FN3O/c1-9-2-3-10(14)6-11(9)16-8-13(4-5-13)7-12(15)17-18/h2-3,6,16,18H,4-5,7-8H2,1H3,(H2,15,17). The lowest BCUT2D eigenvalue weighted by molar-refractivity contribution is 0.315. The summed E-state index contributed by atoms with van der Waals surface area (Å²) in [5.74, 6) is 0.00893. The van der Waals surface area contributed by atoms with Gasteiger partial charge in [0.2, 0.25) is 0 Å². The van der Waals surface area contributed by atoms with Crippen molar-refractivity contribution >= 4 is 11.5 Å². The summed E-state index contributed by atoms with van der Waals surface area (Å²) in [6.45, 7) is 2.65. The zero-order valence-corrected chi connectivity index (χ0v) is 10.4. The lowest BCUT2D eigenvalue weighted by atomic mass is 10.0. The van der Waals surface area contributed by atoms with Crippen molar-refractivity contribution in [1.82, 2.24) is 0 Å². The minimum atomic E-state index is -0.246. The van der Waals surface area contributed by atoms with Gasteiger partial charge in [0.25, 0.3) is 0 Å². The first-order valence-corrected chi connectivity index (χ1v) is 6.01. The Balaban J connectivity index is 1.97. The number of oxime groups is 1. The van der Waals surface area contributed by atoms with Crippen molar-refractivity contribution in [1.29, 1.82) is 0 Å². The predicted molar refractivity (Wildman–Crippen MR) is 69.3 cm³/mol. The van der Waals surface area contributed by atoms with Gasteiger partial charge in [-0.2, -0.15) is 0 Å². The van der Waals surface area contributed by atoms with Crippen LogP contribution in [0.3, 0.4) is 0 Å². The molecule has 98 valence electrons. The van der Waals surface area contributed by atoms with E-state index in [0.717, 1.165) is 24.1 Å².